The van der Waals surface area contributed by atoms with E-state index < -0.39 is 0 Å². The van der Waals surface area contributed by atoms with Crippen molar-refractivity contribution in [1.29, 1.82) is 0 Å². The molecular formula is C21H28N2O. The molecule has 0 radical (unpaired) electrons. The van der Waals surface area contributed by atoms with Crippen LogP contribution in [0.25, 0.3) is 0 Å². The Hall–Kier alpha value is -2.13. The van der Waals surface area contributed by atoms with E-state index in [2.05, 4.69) is 25.2 Å². The molecule has 0 heterocycles. The van der Waals surface area contributed by atoms with E-state index in [4.69, 9.17) is 5.73 Å². The maximum Gasteiger partial charge on any atom is 0.255 e. The van der Waals surface area contributed by atoms with E-state index in [1.807, 2.05) is 37.3 Å². The van der Waals surface area contributed by atoms with Crippen molar-refractivity contribution in [2.24, 2.45) is 5.73 Å². The van der Waals surface area contributed by atoms with Gasteiger partial charge in [0.25, 0.3) is 5.91 Å². The molecule has 1 amide bonds. The third-order valence-electron chi connectivity index (χ3n) is 4.39. The number of hydrogen-bond acceptors (Lipinski definition) is 2. The SMILES string of the molecule is CCCc1c(CN)ccc(NC(=O)c2ccccc2C)c1CCC. The summed E-state index contributed by atoms with van der Waals surface area (Å²) in [5.41, 5.74) is 12.3. The highest BCUT2D eigenvalue weighted by Gasteiger charge is 2.15. The molecule has 0 atom stereocenters. The molecule has 0 aliphatic rings. The van der Waals surface area contributed by atoms with E-state index in [0.717, 1.165) is 42.5 Å². The van der Waals surface area contributed by atoms with Crippen LogP contribution < -0.4 is 11.1 Å². The minimum absolute atomic E-state index is 0.0478. The summed E-state index contributed by atoms with van der Waals surface area (Å²) in [5, 5.41) is 3.12. The Labute approximate surface area is 145 Å². The van der Waals surface area contributed by atoms with E-state index in [1.54, 1.807) is 0 Å². The largest absolute Gasteiger partial charge is 0.326 e. The lowest BCUT2D eigenvalue weighted by molar-refractivity contribution is 0.102. The zero-order valence-corrected chi connectivity index (χ0v) is 15.0. The van der Waals surface area contributed by atoms with Crippen LogP contribution in [0.2, 0.25) is 0 Å². The summed E-state index contributed by atoms with van der Waals surface area (Å²) in [4.78, 5) is 12.7. The van der Waals surface area contributed by atoms with E-state index >= 15 is 0 Å². The van der Waals surface area contributed by atoms with Gasteiger partial charge in [0.05, 0.1) is 0 Å². The van der Waals surface area contributed by atoms with Gasteiger partial charge in [-0.05, 0) is 54.2 Å². The molecule has 0 spiro atoms. The number of benzene rings is 2. The molecule has 0 bridgehead atoms. The third-order valence-corrected chi connectivity index (χ3v) is 4.39. The van der Waals surface area contributed by atoms with Gasteiger partial charge in [-0.1, -0.05) is 51.0 Å². The molecule has 3 heteroatoms. The molecule has 2 aromatic carbocycles. The first-order chi connectivity index (χ1) is 11.6. The second-order valence-corrected chi connectivity index (χ2v) is 6.20. The highest BCUT2D eigenvalue weighted by atomic mass is 16.1. The van der Waals surface area contributed by atoms with Gasteiger partial charge < -0.3 is 11.1 Å². The minimum Gasteiger partial charge on any atom is -0.326 e. The molecule has 2 rings (SSSR count). The van der Waals surface area contributed by atoms with E-state index in [-0.39, 0.29) is 5.91 Å². The average molecular weight is 324 g/mol. The van der Waals surface area contributed by atoms with Gasteiger partial charge in [0, 0.05) is 17.8 Å². The molecule has 3 nitrogen and oxygen atoms in total. The van der Waals surface area contributed by atoms with Crippen LogP contribution in [-0.2, 0) is 19.4 Å². The standard InChI is InChI=1S/C21H28N2O/c1-4-8-18-16(14-22)12-13-20(19(18)9-5-2)23-21(24)17-11-7-6-10-15(17)3/h6-7,10-13H,4-5,8-9,14,22H2,1-3H3,(H,23,24). The van der Waals surface area contributed by atoms with Crippen LogP contribution in [0, 0.1) is 6.92 Å². The van der Waals surface area contributed by atoms with Gasteiger partial charge in [-0.25, -0.2) is 0 Å². The highest BCUT2D eigenvalue weighted by molar-refractivity contribution is 6.05. The number of amides is 1. The number of anilines is 1. The van der Waals surface area contributed by atoms with Gasteiger partial charge in [0.2, 0.25) is 0 Å². The number of carbonyl (C=O) groups is 1. The van der Waals surface area contributed by atoms with Crippen LogP contribution in [-0.4, -0.2) is 5.91 Å². The van der Waals surface area contributed by atoms with Crippen LogP contribution in [0.5, 0.6) is 0 Å². The van der Waals surface area contributed by atoms with Crippen molar-refractivity contribution in [2.45, 2.75) is 53.0 Å². The zero-order valence-electron chi connectivity index (χ0n) is 15.0. The maximum atomic E-state index is 12.7. The van der Waals surface area contributed by atoms with Crippen molar-refractivity contribution in [1.82, 2.24) is 0 Å². The summed E-state index contributed by atoms with van der Waals surface area (Å²) >= 11 is 0. The Morgan fingerprint density at radius 1 is 1.00 bits per heavy atom. The van der Waals surface area contributed by atoms with Crippen molar-refractivity contribution in [3.05, 3.63) is 64.2 Å². The first-order valence-corrected chi connectivity index (χ1v) is 8.83. The predicted molar refractivity (Wildman–Crippen MR) is 101 cm³/mol. The first kappa shape index (κ1) is 18.2. The molecule has 2 aromatic rings. The summed E-state index contributed by atoms with van der Waals surface area (Å²) in [6.45, 7) is 6.84. The Kier molecular flexibility index (Phi) is 6.56. The van der Waals surface area contributed by atoms with Gasteiger partial charge in [0.1, 0.15) is 0 Å². The van der Waals surface area contributed by atoms with Crippen molar-refractivity contribution >= 4 is 11.6 Å². The smallest absolute Gasteiger partial charge is 0.255 e. The Bertz CT molecular complexity index is 707. The Balaban J connectivity index is 2.40. The molecule has 0 saturated heterocycles. The van der Waals surface area contributed by atoms with Gasteiger partial charge in [-0.15, -0.1) is 0 Å². The first-order valence-electron chi connectivity index (χ1n) is 8.83. The number of nitrogens with one attached hydrogen (secondary N) is 1. The summed E-state index contributed by atoms with van der Waals surface area (Å²) in [6, 6.07) is 11.7. The van der Waals surface area contributed by atoms with Crippen LogP contribution in [0.1, 0.15) is 59.3 Å². The fourth-order valence-electron chi connectivity index (χ4n) is 3.16. The summed E-state index contributed by atoms with van der Waals surface area (Å²) in [7, 11) is 0. The van der Waals surface area contributed by atoms with Gasteiger partial charge in [0.15, 0.2) is 0 Å². The number of aryl methyl sites for hydroxylation is 1. The zero-order chi connectivity index (χ0) is 17.5. The molecule has 3 N–H and O–H groups in total. The Morgan fingerprint density at radius 2 is 1.67 bits per heavy atom. The molecule has 0 aliphatic carbocycles. The van der Waals surface area contributed by atoms with Crippen molar-refractivity contribution in [3.63, 3.8) is 0 Å². The topological polar surface area (TPSA) is 55.1 Å². The summed E-state index contributed by atoms with van der Waals surface area (Å²) < 4.78 is 0. The third kappa shape index (κ3) is 4.04. The molecule has 0 unspecified atom stereocenters. The maximum absolute atomic E-state index is 12.7. The number of hydrogen-bond donors (Lipinski definition) is 2. The Morgan fingerprint density at radius 3 is 2.29 bits per heavy atom. The molecule has 0 fully saturated rings. The lowest BCUT2D eigenvalue weighted by Gasteiger charge is -2.19. The van der Waals surface area contributed by atoms with Gasteiger partial charge in [-0.3, -0.25) is 4.79 Å². The fourth-order valence-corrected chi connectivity index (χ4v) is 3.16. The van der Waals surface area contributed by atoms with Crippen LogP contribution >= 0.6 is 0 Å². The second-order valence-electron chi connectivity index (χ2n) is 6.20. The quantitative estimate of drug-likeness (QED) is 0.781. The van der Waals surface area contributed by atoms with Crippen LogP contribution in [0.4, 0.5) is 5.69 Å². The van der Waals surface area contributed by atoms with E-state index in [1.165, 1.54) is 16.7 Å². The normalized spacial score (nSPS) is 10.7. The number of rotatable bonds is 7. The second kappa shape index (κ2) is 8.65. The molecule has 24 heavy (non-hydrogen) atoms. The average Bonchev–Trinajstić information content (AvgIpc) is 2.58. The number of nitrogens with two attached hydrogens (primary N) is 1. The van der Waals surface area contributed by atoms with Crippen molar-refractivity contribution < 1.29 is 4.79 Å². The number of carbonyl (C=O) groups excluding carboxylic acids is 1. The predicted octanol–water partition coefficient (Wildman–Crippen LogP) is 4.61. The molecule has 0 aromatic heterocycles. The highest BCUT2D eigenvalue weighted by Crippen LogP contribution is 2.27. The summed E-state index contributed by atoms with van der Waals surface area (Å²) in [6.07, 6.45) is 4.05. The van der Waals surface area contributed by atoms with E-state index in [0.29, 0.717) is 6.54 Å². The van der Waals surface area contributed by atoms with E-state index in [9.17, 15) is 4.79 Å². The van der Waals surface area contributed by atoms with Gasteiger partial charge in [-0.2, -0.15) is 0 Å². The molecular weight excluding hydrogens is 296 g/mol. The van der Waals surface area contributed by atoms with Crippen LogP contribution in [0.15, 0.2) is 36.4 Å². The van der Waals surface area contributed by atoms with Crippen LogP contribution in [0.3, 0.4) is 0 Å². The van der Waals surface area contributed by atoms with Crippen molar-refractivity contribution in [3.8, 4) is 0 Å². The molecule has 128 valence electrons. The summed E-state index contributed by atoms with van der Waals surface area (Å²) in [5.74, 6) is -0.0478. The van der Waals surface area contributed by atoms with Gasteiger partial charge >= 0.3 is 0 Å². The van der Waals surface area contributed by atoms with Crippen molar-refractivity contribution in [2.75, 3.05) is 5.32 Å². The lowest BCUT2D eigenvalue weighted by atomic mass is 9.92. The molecule has 0 saturated carbocycles. The monoisotopic (exact) mass is 324 g/mol. The fraction of sp³-hybridized carbons (Fsp3) is 0.381. The minimum atomic E-state index is -0.0478. The molecule has 0 aliphatic heterocycles. The lowest BCUT2D eigenvalue weighted by Crippen LogP contribution is -2.16.